The predicted molar refractivity (Wildman–Crippen MR) is 89.1 cm³/mol. The van der Waals surface area contributed by atoms with Crippen LogP contribution in [0, 0.1) is 0 Å². The molecular formula is C16H18N2O5S. The van der Waals surface area contributed by atoms with Crippen LogP contribution in [0.5, 0.6) is 0 Å². The first-order valence-corrected chi connectivity index (χ1v) is 8.25. The fraction of sp³-hybridized carbons (Fsp3) is 0.312. The SMILES string of the molecule is CCOC(=O)C1=C(COC(=O)/C=C/c2cccs2)NC(=O)NC1C. The Morgan fingerprint density at radius 3 is 2.83 bits per heavy atom. The molecule has 0 saturated heterocycles. The highest BCUT2D eigenvalue weighted by Crippen LogP contribution is 2.15. The summed E-state index contributed by atoms with van der Waals surface area (Å²) < 4.78 is 10.1. The van der Waals surface area contributed by atoms with Gasteiger partial charge in [0.05, 0.1) is 23.9 Å². The van der Waals surface area contributed by atoms with E-state index in [2.05, 4.69) is 10.6 Å². The molecule has 2 rings (SSSR count). The number of urea groups is 1. The fourth-order valence-electron chi connectivity index (χ4n) is 2.12. The quantitative estimate of drug-likeness (QED) is 0.603. The summed E-state index contributed by atoms with van der Waals surface area (Å²) >= 11 is 1.49. The van der Waals surface area contributed by atoms with Crippen LogP contribution in [0.3, 0.4) is 0 Å². The first kappa shape index (κ1) is 17.7. The molecule has 8 heteroatoms. The summed E-state index contributed by atoms with van der Waals surface area (Å²) in [5.41, 5.74) is 0.467. The van der Waals surface area contributed by atoms with Crippen molar-refractivity contribution in [2.75, 3.05) is 13.2 Å². The lowest BCUT2D eigenvalue weighted by Crippen LogP contribution is -2.50. The Morgan fingerprint density at radius 1 is 1.38 bits per heavy atom. The maximum Gasteiger partial charge on any atom is 0.338 e. The summed E-state index contributed by atoms with van der Waals surface area (Å²) in [6, 6.07) is 2.74. The molecule has 24 heavy (non-hydrogen) atoms. The third kappa shape index (κ3) is 4.69. The summed E-state index contributed by atoms with van der Waals surface area (Å²) in [6.07, 6.45) is 2.93. The molecule has 1 aliphatic heterocycles. The zero-order valence-electron chi connectivity index (χ0n) is 13.3. The molecule has 1 aliphatic rings. The topological polar surface area (TPSA) is 93.7 Å². The number of carbonyl (C=O) groups is 3. The van der Waals surface area contributed by atoms with Gasteiger partial charge in [0.15, 0.2) is 0 Å². The number of thiophene rings is 1. The predicted octanol–water partition coefficient (Wildman–Crippen LogP) is 1.82. The third-order valence-corrected chi connectivity index (χ3v) is 3.99. The molecule has 1 aromatic rings. The first-order chi connectivity index (χ1) is 11.5. The minimum Gasteiger partial charge on any atom is -0.463 e. The van der Waals surface area contributed by atoms with Crippen LogP contribution in [0.1, 0.15) is 18.7 Å². The van der Waals surface area contributed by atoms with E-state index in [0.29, 0.717) is 0 Å². The van der Waals surface area contributed by atoms with Gasteiger partial charge < -0.3 is 20.1 Å². The molecular weight excluding hydrogens is 332 g/mol. The van der Waals surface area contributed by atoms with Gasteiger partial charge >= 0.3 is 18.0 Å². The number of esters is 2. The molecule has 128 valence electrons. The highest BCUT2D eigenvalue weighted by atomic mass is 32.1. The number of nitrogens with one attached hydrogen (secondary N) is 2. The van der Waals surface area contributed by atoms with Gasteiger partial charge in [-0.15, -0.1) is 11.3 Å². The fourth-order valence-corrected chi connectivity index (χ4v) is 2.74. The molecule has 0 aliphatic carbocycles. The average molecular weight is 350 g/mol. The van der Waals surface area contributed by atoms with Gasteiger partial charge in [-0.2, -0.15) is 0 Å². The minimum atomic E-state index is -0.570. The Morgan fingerprint density at radius 2 is 2.17 bits per heavy atom. The molecule has 1 atom stereocenters. The second-order valence-electron chi connectivity index (χ2n) is 4.89. The highest BCUT2D eigenvalue weighted by Gasteiger charge is 2.30. The van der Waals surface area contributed by atoms with E-state index >= 15 is 0 Å². The largest absolute Gasteiger partial charge is 0.463 e. The maximum absolute atomic E-state index is 12.0. The Balaban J connectivity index is 2.05. The van der Waals surface area contributed by atoms with E-state index in [4.69, 9.17) is 9.47 Å². The number of hydrogen-bond acceptors (Lipinski definition) is 6. The average Bonchev–Trinajstić information content (AvgIpc) is 3.03. The molecule has 0 bridgehead atoms. The van der Waals surface area contributed by atoms with Crippen molar-refractivity contribution >= 4 is 35.4 Å². The molecule has 2 heterocycles. The zero-order valence-corrected chi connectivity index (χ0v) is 14.1. The molecule has 0 spiro atoms. The lowest BCUT2D eigenvalue weighted by Gasteiger charge is -2.26. The molecule has 0 radical (unpaired) electrons. The van der Waals surface area contributed by atoms with Gasteiger partial charge in [0.2, 0.25) is 0 Å². The smallest absolute Gasteiger partial charge is 0.338 e. The van der Waals surface area contributed by atoms with Gasteiger partial charge in [-0.1, -0.05) is 6.07 Å². The number of rotatable bonds is 6. The first-order valence-electron chi connectivity index (χ1n) is 7.37. The van der Waals surface area contributed by atoms with Crippen LogP contribution < -0.4 is 10.6 Å². The van der Waals surface area contributed by atoms with Gasteiger partial charge in [0.1, 0.15) is 6.61 Å². The lowest BCUT2D eigenvalue weighted by atomic mass is 10.0. The van der Waals surface area contributed by atoms with Gasteiger partial charge in [-0.25, -0.2) is 14.4 Å². The summed E-state index contributed by atoms with van der Waals surface area (Å²) in [5.74, 6) is -1.13. The zero-order chi connectivity index (χ0) is 17.5. The number of carbonyl (C=O) groups excluding carboxylic acids is 3. The minimum absolute atomic E-state index is 0.208. The van der Waals surface area contributed by atoms with Crippen LogP contribution in [0.15, 0.2) is 34.9 Å². The van der Waals surface area contributed by atoms with Crippen LogP contribution >= 0.6 is 11.3 Å². The number of amides is 2. The Bertz CT molecular complexity index is 679. The Kier molecular flexibility index (Phi) is 6.14. The summed E-state index contributed by atoms with van der Waals surface area (Å²) in [6.45, 7) is 3.33. The highest BCUT2D eigenvalue weighted by molar-refractivity contribution is 7.10. The molecule has 7 nitrogen and oxygen atoms in total. The van der Waals surface area contributed by atoms with Crippen LogP contribution in [-0.4, -0.2) is 37.2 Å². The molecule has 2 amide bonds. The van der Waals surface area contributed by atoms with E-state index in [1.165, 1.54) is 17.4 Å². The van der Waals surface area contributed by atoms with Gasteiger partial charge in [0, 0.05) is 11.0 Å². The van der Waals surface area contributed by atoms with Crippen molar-refractivity contribution in [3.8, 4) is 0 Å². The lowest BCUT2D eigenvalue weighted by molar-refractivity contribution is -0.140. The van der Waals surface area contributed by atoms with Gasteiger partial charge in [-0.05, 0) is 31.4 Å². The maximum atomic E-state index is 12.0. The number of hydrogen-bond donors (Lipinski definition) is 2. The van der Waals surface area contributed by atoms with Crippen LogP contribution in [0.2, 0.25) is 0 Å². The van der Waals surface area contributed by atoms with Crippen LogP contribution in [-0.2, 0) is 19.1 Å². The van der Waals surface area contributed by atoms with Crippen molar-refractivity contribution in [3.63, 3.8) is 0 Å². The van der Waals surface area contributed by atoms with Crippen LogP contribution in [0.25, 0.3) is 6.08 Å². The van der Waals surface area contributed by atoms with Crippen molar-refractivity contribution in [1.29, 1.82) is 0 Å². The van der Waals surface area contributed by atoms with Crippen molar-refractivity contribution in [1.82, 2.24) is 10.6 Å². The molecule has 2 N–H and O–H groups in total. The normalized spacial score (nSPS) is 17.4. The standard InChI is InChI=1S/C16H18N2O5S/c1-3-22-15(20)14-10(2)17-16(21)18-12(14)9-23-13(19)7-6-11-5-4-8-24-11/h4-8,10H,3,9H2,1-2H3,(H2,17,18,21)/b7-6+. The second-order valence-corrected chi connectivity index (χ2v) is 5.87. The Labute approximate surface area is 143 Å². The van der Waals surface area contributed by atoms with Crippen LogP contribution in [0.4, 0.5) is 4.79 Å². The third-order valence-electron chi connectivity index (χ3n) is 3.15. The van der Waals surface area contributed by atoms with E-state index in [0.717, 1.165) is 4.88 Å². The molecule has 1 unspecified atom stereocenters. The van der Waals surface area contributed by atoms with Gasteiger partial charge in [0.25, 0.3) is 0 Å². The van der Waals surface area contributed by atoms with Crippen molar-refractivity contribution in [3.05, 3.63) is 39.7 Å². The van der Waals surface area contributed by atoms with Crippen molar-refractivity contribution in [2.24, 2.45) is 0 Å². The number of ether oxygens (including phenoxy) is 2. The monoisotopic (exact) mass is 350 g/mol. The van der Waals surface area contributed by atoms with E-state index in [1.807, 2.05) is 17.5 Å². The molecule has 0 saturated carbocycles. The van der Waals surface area contributed by atoms with Gasteiger partial charge in [-0.3, -0.25) is 0 Å². The summed E-state index contributed by atoms with van der Waals surface area (Å²) in [7, 11) is 0. The summed E-state index contributed by atoms with van der Waals surface area (Å²) in [4.78, 5) is 36.3. The van der Waals surface area contributed by atoms with E-state index < -0.39 is 24.0 Å². The Hall–Kier alpha value is -2.61. The van der Waals surface area contributed by atoms with E-state index in [9.17, 15) is 14.4 Å². The molecule has 1 aromatic heterocycles. The molecule has 0 fully saturated rings. The van der Waals surface area contributed by atoms with E-state index in [1.54, 1.807) is 19.9 Å². The van der Waals surface area contributed by atoms with Crippen molar-refractivity contribution < 1.29 is 23.9 Å². The van der Waals surface area contributed by atoms with Crippen molar-refractivity contribution in [2.45, 2.75) is 19.9 Å². The van der Waals surface area contributed by atoms with E-state index in [-0.39, 0.29) is 24.5 Å². The second kappa shape index (κ2) is 8.30. The molecule has 0 aromatic carbocycles. The summed E-state index contributed by atoms with van der Waals surface area (Å²) in [5, 5.41) is 6.96.